The SMILES string of the molecule is C=C(F)C(=O)Cc1ccc2c(-c3ccccc3CNc3cc(N4CCC(OC)CC4)nc4c(C(C)C)cnn34)nccc2c1. The van der Waals surface area contributed by atoms with Gasteiger partial charge in [-0.1, -0.05) is 62.9 Å². The van der Waals surface area contributed by atoms with Crippen molar-refractivity contribution in [3.8, 4) is 11.3 Å². The molecule has 2 aromatic carbocycles. The van der Waals surface area contributed by atoms with Crippen LogP contribution in [-0.4, -0.2) is 51.7 Å². The number of Topliss-reactive ketones (excluding diaryl/α,β-unsaturated/α-hetero) is 1. The van der Waals surface area contributed by atoms with Gasteiger partial charge in [0, 0.05) is 61.9 Å². The number of pyridine rings is 1. The molecule has 0 spiro atoms. The Labute approximate surface area is 256 Å². The zero-order chi connectivity index (χ0) is 30.8. The monoisotopic (exact) mass is 592 g/mol. The molecular weight excluding hydrogens is 555 g/mol. The van der Waals surface area contributed by atoms with Crippen LogP contribution in [0.3, 0.4) is 0 Å². The minimum Gasteiger partial charge on any atom is -0.381 e. The first-order chi connectivity index (χ1) is 21.3. The molecule has 4 heterocycles. The quantitative estimate of drug-likeness (QED) is 0.177. The molecule has 0 unspecified atom stereocenters. The maximum Gasteiger partial charge on any atom is 0.194 e. The zero-order valence-electron chi connectivity index (χ0n) is 25.4. The number of anilines is 2. The van der Waals surface area contributed by atoms with Crippen LogP contribution in [0.1, 0.15) is 49.3 Å². The highest BCUT2D eigenvalue weighted by Crippen LogP contribution is 2.32. The van der Waals surface area contributed by atoms with Crippen molar-refractivity contribution in [3.63, 3.8) is 0 Å². The average molecular weight is 593 g/mol. The number of carbonyl (C=O) groups is 1. The predicted molar refractivity (Wildman–Crippen MR) is 173 cm³/mol. The number of hydrogen-bond acceptors (Lipinski definition) is 7. The van der Waals surface area contributed by atoms with Gasteiger partial charge in [0.25, 0.3) is 0 Å². The van der Waals surface area contributed by atoms with Crippen molar-refractivity contribution < 1.29 is 13.9 Å². The summed E-state index contributed by atoms with van der Waals surface area (Å²) >= 11 is 0. The molecule has 0 radical (unpaired) electrons. The zero-order valence-corrected chi connectivity index (χ0v) is 25.4. The van der Waals surface area contributed by atoms with Crippen molar-refractivity contribution in [3.05, 3.63) is 96.1 Å². The topological polar surface area (TPSA) is 84.7 Å². The highest BCUT2D eigenvalue weighted by Gasteiger charge is 2.22. The molecule has 9 heteroatoms. The first-order valence-electron chi connectivity index (χ1n) is 15.1. The number of nitrogens with one attached hydrogen (secondary N) is 1. The van der Waals surface area contributed by atoms with Gasteiger partial charge in [-0.2, -0.15) is 9.61 Å². The van der Waals surface area contributed by atoms with Crippen molar-refractivity contribution in [2.75, 3.05) is 30.4 Å². The Kier molecular flexibility index (Phi) is 8.39. The fourth-order valence-corrected chi connectivity index (χ4v) is 5.91. The molecule has 1 aliphatic heterocycles. The first kappa shape index (κ1) is 29.4. The summed E-state index contributed by atoms with van der Waals surface area (Å²) in [5, 5.41) is 10.3. The van der Waals surface area contributed by atoms with E-state index in [4.69, 9.17) is 19.8 Å². The van der Waals surface area contributed by atoms with Gasteiger partial charge in [-0.15, -0.1) is 0 Å². The van der Waals surface area contributed by atoms with Gasteiger partial charge in [-0.3, -0.25) is 9.78 Å². The lowest BCUT2D eigenvalue weighted by Crippen LogP contribution is -2.37. The number of benzene rings is 2. The molecular formula is C35H37FN6O2. The summed E-state index contributed by atoms with van der Waals surface area (Å²) in [5.74, 6) is 0.559. The minimum absolute atomic E-state index is 0.0256. The lowest BCUT2D eigenvalue weighted by molar-refractivity contribution is -0.116. The average Bonchev–Trinajstić information content (AvgIpc) is 3.48. The molecule has 0 bridgehead atoms. The Hall–Kier alpha value is -4.63. The summed E-state index contributed by atoms with van der Waals surface area (Å²) in [6.07, 6.45) is 5.88. The largest absolute Gasteiger partial charge is 0.381 e. The second kappa shape index (κ2) is 12.5. The van der Waals surface area contributed by atoms with Crippen molar-refractivity contribution in [1.29, 1.82) is 0 Å². The van der Waals surface area contributed by atoms with Crippen molar-refractivity contribution in [2.24, 2.45) is 0 Å². The Morgan fingerprint density at radius 3 is 2.68 bits per heavy atom. The highest BCUT2D eigenvalue weighted by molar-refractivity contribution is 5.98. The standard InChI is InChI=1S/C35H37FN6O2/c1-22(2)30-21-39-42-32(19-33(40-35(30)42)41-15-12-27(44-4)13-16-41)38-20-26-7-5-6-8-28(26)34-29-10-9-24(18-31(43)23(3)36)17-25(29)11-14-37-34/h5-11,14,17,19,21-22,27,38H,3,12-13,15-16,18,20H2,1-2,4H3. The maximum absolute atomic E-state index is 13.3. The third-order valence-corrected chi connectivity index (χ3v) is 8.44. The highest BCUT2D eigenvalue weighted by atomic mass is 19.1. The van der Waals surface area contributed by atoms with E-state index in [1.807, 2.05) is 47.1 Å². The molecule has 1 aliphatic rings. The molecule has 0 aliphatic carbocycles. The summed E-state index contributed by atoms with van der Waals surface area (Å²) in [7, 11) is 1.78. The van der Waals surface area contributed by atoms with Crippen LogP contribution >= 0.6 is 0 Å². The van der Waals surface area contributed by atoms with E-state index < -0.39 is 11.6 Å². The van der Waals surface area contributed by atoms with Crippen LogP contribution in [0.15, 0.2) is 79.4 Å². The minimum atomic E-state index is -0.924. The van der Waals surface area contributed by atoms with E-state index in [1.165, 1.54) is 0 Å². The summed E-state index contributed by atoms with van der Waals surface area (Å²) in [4.78, 5) is 24.1. The van der Waals surface area contributed by atoms with Gasteiger partial charge in [-0.25, -0.2) is 9.37 Å². The number of ether oxygens (including phenoxy) is 1. The lowest BCUT2D eigenvalue weighted by atomic mass is 9.97. The predicted octanol–water partition coefficient (Wildman–Crippen LogP) is 6.89. The van der Waals surface area contributed by atoms with E-state index in [-0.39, 0.29) is 18.4 Å². The number of hydrogen-bond donors (Lipinski definition) is 1. The van der Waals surface area contributed by atoms with E-state index in [9.17, 15) is 9.18 Å². The lowest BCUT2D eigenvalue weighted by Gasteiger charge is -2.32. The van der Waals surface area contributed by atoms with Crippen LogP contribution < -0.4 is 10.2 Å². The van der Waals surface area contributed by atoms with E-state index >= 15 is 0 Å². The molecule has 0 saturated carbocycles. The van der Waals surface area contributed by atoms with Gasteiger partial charge in [0.05, 0.1) is 18.0 Å². The van der Waals surface area contributed by atoms with Crippen molar-refractivity contribution in [2.45, 2.75) is 51.7 Å². The molecule has 5 aromatic rings. The molecule has 3 aromatic heterocycles. The molecule has 0 atom stereocenters. The molecule has 1 fully saturated rings. The number of halogens is 1. The van der Waals surface area contributed by atoms with Crippen molar-refractivity contribution in [1.82, 2.24) is 19.6 Å². The van der Waals surface area contributed by atoms with E-state index in [1.54, 1.807) is 13.3 Å². The summed E-state index contributed by atoms with van der Waals surface area (Å²) in [6.45, 7) is 9.77. The van der Waals surface area contributed by atoms with Gasteiger partial charge in [0.2, 0.25) is 0 Å². The summed E-state index contributed by atoms with van der Waals surface area (Å²) < 4.78 is 20.8. The Balaban J connectivity index is 1.32. The third-order valence-electron chi connectivity index (χ3n) is 8.44. The number of fused-ring (bicyclic) bond motifs is 2. The normalized spacial score (nSPS) is 14.1. The second-order valence-electron chi connectivity index (χ2n) is 11.6. The fraction of sp³-hybridized carbons (Fsp3) is 0.314. The van der Waals surface area contributed by atoms with Crippen LogP contribution in [0, 0.1) is 0 Å². The molecule has 1 saturated heterocycles. The Morgan fingerprint density at radius 2 is 1.93 bits per heavy atom. The van der Waals surface area contributed by atoms with Crippen LogP contribution in [0.25, 0.3) is 27.7 Å². The van der Waals surface area contributed by atoms with E-state index in [0.29, 0.717) is 6.54 Å². The molecule has 8 nitrogen and oxygen atoms in total. The number of nitrogens with zero attached hydrogens (tertiary/aromatic N) is 5. The second-order valence-corrected chi connectivity index (χ2v) is 11.6. The van der Waals surface area contributed by atoms with Gasteiger partial charge < -0.3 is 15.0 Å². The number of allylic oxidation sites excluding steroid dienone is 1. The number of carbonyl (C=O) groups excluding carboxylic acids is 1. The summed E-state index contributed by atoms with van der Waals surface area (Å²) in [6, 6.07) is 17.9. The van der Waals surface area contributed by atoms with Crippen LogP contribution in [-0.2, 0) is 22.5 Å². The van der Waals surface area contributed by atoms with Crippen LogP contribution in [0.4, 0.5) is 16.0 Å². The van der Waals surface area contributed by atoms with Gasteiger partial charge in [-0.05, 0) is 41.3 Å². The van der Waals surface area contributed by atoms with Gasteiger partial charge >= 0.3 is 0 Å². The molecule has 44 heavy (non-hydrogen) atoms. The smallest absolute Gasteiger partial charge is 0.194 e. The van der Waals surface area contributed by atoms with Gasteiger partial charge in [0.1, 0.15) is 11.6 Å². The van der Waals surface area contributed by atoms with E-state index in [2.05, 4.69) is 48.8 Å². The molecule has 226 valence electrons. The fourth-order valence-electron chi connectivity index (χ4n) is 5.91. The molecule has 6 rings (SSSR count). The Morgan fingerprint density at radius 1 is 1.14 bits per heavy atom. The van der Waals surface area contributed by atoms with Crippen LogP contribution in [0.5, 0.6) is 0 Å². The molecule has 1 N–H and O–H groups in total. The van der Waals surface area contributed by atoms with Gasteiger partial charge in [0.15, 0.2) is 17.3 Å². The number of methoxy groups -OCH3 is 1. The van der Waals surface area contributed by atoms with Crippen LogP contribution in [0.2, 0.25) is 0 Å². The Bertz CT molecular complexity index is 1840. The number of aromatic nitrogens is 4. The maximum atomic E-state index is 13.3. The first-order valence-corrected chi connectivity index (χ1v) is 15.1. The number of ketones is 1. The summed E-state index contributed by atoms with van der Waals surface area (Å²) in [5.41, 5.74) is 5.63. The number of rotatable bonds is 10. The third kappa shape index (κ3) is 5.92. The molecule has 0 amide bonds. The number of piperidine rings is 1. The van der Waals surface area contributed by atoms with Crippen molar-refractivity contribution >= 4 is 33.8 Å². The van der Waals surface area contributed by atoms with E-state index in [0.717, 1.165) is 81.9 Å².